The molecule has 4 atom stereocenters. The van der Waals surface area contributed by atoms with Crippen LogP contribution in [0.5, 0.6) is 17.2 Å². The summed E-state index contributed by atoms with van der Waals surface area (Å²) < 4.78 is 24.4. The Hall–Kier alpha value is -6.76. The maximum absolute atomic E-state index is 15.3. The number of fused-ring (bicyclic) bond motifs is 6. The van der Waals surface area contributed by atoms with E-state index in [1.807, 2.05) is 50.3 Å². The molecule has 66 heavy (non-hydrogen) atoms. The molecule has 2 amide bonds. The Morgan fingerprint density at radius 3 is 2.42 bits per heavy atom. The monoisotopic (exact) mass is 932 g/mol. The van der Waals surface area contributed by atoms with Crippen LogP contribution in [0.3, 0.4) is 0 Å². The van der Waals surface area contributed by atoms with Gasteiger partial charge in [0, 0.05) is 60.9 Å². The molecule has 0 spiro atoms. The number of aromatic nitrogens is 7. The topological polar surface area (TPSA) is 187 Å². The van der Waals surface area contributed by atoms with Crippen molar-refractivity contribution in [3.8, 4) is 27.8 Å². The van der Waals surface area contributed by atoms with Crippen LogP contribution in [-0.4, -0.2) is 77.6 Å². The van der Waals surface area contributed by atoms with E-state index in [0.717, 1.165) is 30.7 Å². The number of methoxy groups -OCH3 is 2. The van der Waals surface area contributed by atoms with Gasteiger partial charge in [-0.1, -0.05) is 29.8 Å². The molecule has 10 rings (SSSR count). The highest BCUT2D eigenvalue weighted by Gasteiger charge is 2.66. The quantitative estimate of drug-likeness (QED) is 0.134. The highest BCUT2D eigenvalue weighted by atomic mass is 35.5. The van der Waals surface area contributed by atoms with E-state index in [9.17, 15) is 19.5 Å². The summed E-state index contributed by atoms with van der Waals surface area (Å²) in [4.78, 5) is 79.5. The van der Waals surface area contributed by atoms with E-state index in [0.29, 0.717) is 50.4 Å². The number of nitrogens with zero attached hydrogens (tertiary/aromatic N) is 8. The molecular formula is C47H45ClN8O9S. The van der Waals surface area contributed by atoms with Gasteiger partial charge in [-0.2, -0.15) is 5.10 Å². The molecule has 7 aromatic rings. The minimum atomic E-state index is -1.33. The van der Waals surface area contributed by atoms with E-state index in [2.05, 4.69) is 4.98 Å². The molecule has 6 heterocycles. The van der Waals surface area contributed by atoms with Gasteiger partial charge in [-0.3, -0.25) is 19.1 Å². The smallest absolute Gasteiger partial charge is 0.347 e. The standard InChI is InChI=1S/C47H45ClN8O9S/c1-24-29-19-26(48)9-12-38(29)66-41(24)33-22-39(52(4)50-33)55-42(58)30-20-34-28(40(47(30,2)44(55)60)25-7-10-27(11-8-25)65-18-17-57)13-16-54-45(61)53(46(62)56(34)54)15-14-31-43(59)51(3)35-23-37(64-6)36(63-5)21-32(35)49-31/h7-13,19,21-23,30,34,40,57H,14-18,20H2,1-6H3/t30-,34+,40-,47+/m0/s1. The number of anilines is 1. The maximum atomic E-state index is 15.3. The fraction of sp³-hybridized carbons (Fsp3) is 0.340. The van der Waals surface area contributed by atoms with E-state index in [4.69, 9.17) is 30.9 Å². The number of hydrogen-bond donors (Lipinski definition) is 1. The Morgan fingerprint density at radius 2 is 1.70 bits per heavy atom. The minimum Gasteiger partial charge on any atom is -0.493 e. The summed E-state index contributed by atoms with van der Waals surface area (Å²) in [6.07, 6.45) is 1.91. The number of imide groups is 1. The third-order valence-electron chi connectivity index (χ3n) is 13.6. The van der Waals surface area contributed by atoms with Crippen LogP contribution in [-0.2, 0) is 43.2 Å². The van der Waals surface area contributed by atoms with E-state index >= 15 is 9.59 Å². The Morgan fingerprint density at radius 1 is 0.955 bits per heavy atom. The average molecular weight is 933 g/mol. The van der Waals surface area contributed by atoms with Crippen molar-refractivity contribution in [2.24, 2.45) is 25.4 Å². The van der Waals surface area contributed by atoms with Gasteiger partial charge in [0.2, 0.25) is 11.8 Å². The first kappa shape index (κ1) is 43.1. The molecule has 1 aliphatic carbocycles. The van der Waals surface area contributed by atoms with Gasteiger partial charge in [-0.25, -0.2) is 33.4 Å². The molecule has 340 valence electrons. The number of benzene rings is 3. The number of thiophene rings is 1. The number of aryl methyl sites for hydroxylation is 4. The van der Waals surface area contributed by atoms with Crippen LogP contribution < -0.4 is 36.0 Å². The van der Waals surface area contributed by atoms with Crippen LogP contribution in [0.2, 0.25) is 5.02 Å². The largest absolute Gasteiger partial charge is 0.493 e. The van der Waals surface area contributed by atoms with Gasteiger partial charge >= 0.3 is 11.4 Å². The lowest BCUT2D eigenvalue weighted by Gasteiger charge is -2.47. The van der Waals surface area contributed by atoms with Gasteiger partial charge in [0.25, 0.3) is 5.56 Å². The number of ether oxygens (including phenoxy) is 3. The SMILES string of the molecule is COc1cc2nc(CCn3c(=O)n4n(c3=O)[C@@H]3C[C@H]5C(=O)N(c6cc(-c7sc8ccc(Cl)cc8c7C)nn6C)C(=O)[C@@]5(C)[C@@H](c5ccc(OCCO)cc5)C3=CC4)c(=O)n(C)c2cc1OC. The zero-order valence-corrected chi connectivity index (χ0v) is 38.5. The van der Waals surface area contributed by atoms with Crippen LogP contribution in [0.1, 0.15) is 42.1 Å². The second-order valence-electron chi connectivity index (χ2n) is 17.1. The summed E-state index contributed by atoms with van der Waals surface area (Å²) in [5.74, 6) is -0.816. The van der Waals surface area contributed by atoms with Crippen molar-refractivity contribution in [1.29, 1.82) is 0 Å². The normalized spacial score (nSPS) is 20.2. The van der Waals surface area contributed by atoms with Gasteiger partial charge < -0.3 is 23.9 Å². The highest BCUT2D eigenvalue weighted by Crippen LogP contribution is 2.61. The van der Waals surface area contributed by atoms with Gasteiger partial charge in [-0.05, 0) is 72.7 Å². The van der Waals surface area contributed by atoms with Crippen molar-refractivity contribution in [3.63, 3.8) is 0 Å². The minimum absolute atomic E-state index is 0.0239. The lowest BCUT2D eigenvalue weighted by molar-refractivity contribution is -0.129. The third-order valence-corrected chi connectivity index (χ3v) is 15.2. The number of aliphatic hydroxyl groups excluding tert-OH is 1. The predicted molar refractivity (Wildman–Crippen MR) is 248 cm³/mol. The van der Waals surface area contributed by atoms with Crippen molar-refractivity contribution >= 4 is 61.7 Å². The average Bonchev–Trinajstić information content (AvgIpc) is 3.98. The highest BCUT2D eigenvalue weighted by molar-refractivity contribution is 7.22. The third kappa shape index (κ3) is 6.40. The molecular weight excluding hydrogens is 888 g/mol. The molecule has 1 saturated heterocycles. The van der Waals surface area contributed by atoms with Gasteiger partial charge in [-0.15, -0.1) is 11.3 Å². The first-order chi connectivity index (χ1) is 31.7. The number of halogens is 1. The lowest BCUT2D eigenvalue weighted by atomic mass is 9.56. The molecule has 1 saturated carbocycles. The molecule has 4 aromatic heterocycles. The summed E-state index contributed by atoms with van der Waals surface area (Å²) in [6.45, 7) is 3.60. The molecule has 2 aliphatic heterocycles. The second kappa shape index (κ2) is 16.0. The zero-order valence-electron chi connectivity index (χ0n) is 36.9. The molecule has 17 nitrogen and oxygen atoms in total. The van der Waals surface area contributed by atoms with Crippen molar-refractivity contribution in [2.75, 3.05) is 32.3 Å². The van der Waals surface area contributed by atoms with Crippen LogP contribution in [0.25, 0.3) is 31.7 Å². The van der Waals surface area contributed by atoms with Crippen LogP contribution in [0, 0.1) is 18.3 Å². The number of allylic oxidation sites excluding steroid dienone is 2. The van der Waals surface area contributed by atoms with Crippen molar-refractivity contribution in [1.82, 2.24) is 33.3 Å². The van der Waals surface area contributed by atoms with Crippen LogP contribution >= 0.6 is 22.9 Å². The molecule has 0 unspecified atom stereocenters. The number of carbonyl (C=O) groups excluding carboxylic acids is 2. The Balaban J connectivity index is 1.04. The Bertz CT molecular complexity index is 3400. The Kier molecular flexibility index (Phi) is 10.5. The number of aliphatic hydroxyl groups is 1. The number of amides is 2. The van der Waals surface area contributed by atoms with Crippen LogP contribution in [0.15, 0.2) is 86.7 Å². The van der Waals surface area contributed by atoms with Gasteiger partial charge in [0.15, 0.2) is 11.5 Å². The van der Waals surface area contributed by atoms with E-state index in [-0.39, 0.29) is 44.8 Å². The number of rotatable bonds is 11. The Labute approximate surface area is 385 Å². The number of carbonyl (C=O) groups is 2. The number of hydrogen-bond acceptors (Lipinski definition) is 12. The fourth-order valence-electron chi connectivity index (χ4n) is 10.3. The summed E-state index contributed by atoms with van der Waals surface area (Å²) in [7, 11) is 6.31. The zero-order chi connectivity index (χ0) is 46.5. The molecule has 1 N–H and O–H groups in total. The predicted octanol–water partition coefficient (Wildman–Crippen LogP) is 5.13. The molecule has 3 aromatic carbocycles. The first-order valence-corrected chi connectivity index (χ1v) is 22.6. The lowest BCUT2D eigenvalue weighted by Crippen LogP contribution is -2.49. The van der Waals surface area contributed by atoms with Gasteiger partial charge in [0.05, 0.1) is 60.7 Å². The maximum Gasteiger partial charge on any atom is 0.347 e. The van der Waals surface area contributed by atoms with Crippen molar-refractivity contribution in [3.05, 3.63) is 125 Å². The van der Waals surface area contributed by atoms with Crippen LogP contribution in [0.4, 0.5) is 5.82 Å². The van der Waals surface area contributed by atoms with E-state index < -0.39 is 52.0 Å². The first-order valence-electron chi connectivity index (χ1n) is 21.4. The molecule has 19 heteroatoms. The second-order valence-corrected chi connectivity index (χ2v) is 18.6. The fourth-order valence-corrected chi connectivity index (χ4v) is 11.7. The van der Waals surface area contributed by atoms with E-state index in [1.165, 1.54) is 33.1 Å². The summed E-state index contributed by atoms with van der Waals surface area (Å²) in [5.41, 5.74) is 1.23. The summed E-state index contributed by atoms with van der Waals surface area (Å²) in [5, 5.41) is 15.8. The summed E-state index contributed by atoms with van der Waals surface area (Å²) in [6, 6.07) is 17.2. The van der Waals surface area contributed by atoms with Gasteiger partial charge in [0.1, 0.15) is 29.6 Å². The molecule has 0 radical (unpaired) electrons. The molecule has 0 bridgehead atoms. The molecule has 3 aliphatic rings. The molecule has 2 fully saturated rings. The van der Waals surface area contributed by atoms with E-state index in [1.54, 1.807) is 60.4 Å². The van der Waals surface area contributed by atoms with Crippen molar-refractivity contribution in [2.45, 2.75) is 51.7 Å². The summed E-state index contributed by atoms with van der Waals surface area (Å²) >= 11 is 7.89. The van der Waals surface area contributed by atoms with Crippen molar-refractivity contribution < 1.29 is 28.9 Å².